The quantitative estimate of drug-likeness (QED) is 0.315. The summed E-state index contributed by atoms with van der Waals surface area (Å²) in [5.74, 6) is 1.77. The summed E-state index contributed by atoms with van der Waals surface area (Å²) in [7, 11) is 9.89. The zero-order valence-electron chi connectivity index (χ0n) is 18.9. The van der Waals surface area contributed by atoms with Crippen LogP contribution in [0.3, 0.4) is 0 Å². The first-order valence-corrected chi connectivity index (χ1v) is 21.9. The van der Waals surface area contributed by atoms with Crippen molar-refractivity contribution in [2.45, 2.75) is 68.4 Å². The number of methoxy groups -OCH3 is 1. The van der Waals surface area contributed by atoms with Gasteiger partial charge in [0.05, 0.1) is 0 Å². The van der Waals surface area contributed by atoms with E-state index in [0.29, 0.717) is 8.58 Å². The molecule has 3 unspecified atom stereocenters. The Morgan fingerprint density at radius 2 is 2.00 bits per heavy atom. The molecule has 0 saturated carbocycles. The third kappa shape index (κ3) is 3.93. The van der Waals surface area contributed by atoms with Gasteiger partial charge in [-0.1, -0.05) is 0 Å². The summed E-state index contributed by atoms with van der Waals surface area (Å²) in [5.41, 5.74) is 4.15. The maximum absolute atomic E-state index is 7.45. The van der Waals surface area contributed by atoms with Crippen LogP contribution >= 0.6 is 16.9 Å². The predicted octanol–water partition coefficient (Wildman–Crippen LogP) is 5.64. The summed E-state index contributed by atoms with van der Waals surface area (Å²) in [4.78, 5) is 0. The second kappa shape index (κ2) is 8.53. The van der Waals surface area contributed by atoms with Gasteiger partial charge in [-0.2, -0.15) is 0 Å². The average molecular weight is 637 g/mol. The van der Waals surface area contributed by atoms with Crippen molar-refractivity contribution in [3.05, 3.63) is 53.1 Å². The van der Waals surface area contributed by atoms with E-state index in [2.05, 4.69) is 67.7 Å². The molecular formula is C24H32ClNO2PTl. The Balaban J connectivity index is 1.98. The number of hydrogen-bond donors (Lipinski definition) is 0. The molecular weight excluding hydrogens is 605 g/mol. The first kappa shape index (κ1) is 22.8. The van der Waals surface area contributed by atoms with Crippen molar-refractivity contribution in [3.8, 4) is 11.5 Å². The molecule has 160 valence electrons. The SMILES string of the molecule is CCC12C[CH](Oc3c(OC)cccc31)[Tl]([Cl])[N](C(C)(C)C)Cc1cccc(C)c1P2. The number of aryl methyl sites for hydroxylation is 1. The zero-order valence-corrected chi connectivity index (χ0v) is 25.1. The Morgan fingerprint density at radius 1 is 1.27 bits per heavy atom. The van der Waals surface area contributed by atoms with Gasteiger partial charge in [-0.05, 0) is 0 Å². The first-order valence-electron chi connectivity index (χ1n) is 10.8. The molecule has 0 aromatic heterocycles. The van der Waals surface area contributed by atoms with Crippen LogP contribution in [0.1, 0.15) is 57.2 Å². The third-order valence-electron chi connectivity index (χ3n) is 6.67. The van der Waals surface area contributed by atoms with E-state index in [9.17, 15) is 0 Å². The normalized spacial score (nSPS) is 24.9. The monoisotopic (exact) mass is 637 g/mol. The average Bonchev–Trinajstić information content (AvgIpc) is 2.75. The fraction of sp³-hybridized carbons (Fsp3) is 0.500. The maximum atomic E-state index is 7.45. The standard InChI is InChI=1S/C24H32NO2P.ClH.Tl/c1-7-24(14-15-27-21-19(24)12-9-13-20(21)26-6)28-22-17(2)10-8-11-18(22)16-25-23(3,4)5;;/h8-13,15,28H,7,14,16H2,1-6H3;1H;/q-1;;+2/p-1. The predicted molar refractivity (Wildman–Crippen MR) is 130 cm³/mol. The molecule has 6 heteroatoms. The van der Waals surface area contributed by atoms with Crippen LogP contribution in [0.4, 0.5) is 0 Å². The molecule has 0 spiro atoms. The summed E-state index contributed by atoms with van der Waals surface area (Å²) >= 11 is -2.95. The van der Waals surface area contributed by atoms with Gasteiger partial charge in [0.1, 0.15) is 0 Å². The topological polar surface area (TPSA) is 21.7 Å². The van der Waals surface area contributed by atoms with Gasteiger partial charge in [-0.3, -0.25) is 0 Å². The Morgan fingerprint density at radius 3 is 2.67 bits per heavy atom. The van der Waals surface area contributed by atoms with Gasteiger partial charge in [0.25, 0.3) is 0 Å². The van der Waals surface area contributed by atoms with E-state index in [1.807, 2.05) is 6.07 Å². The van der Waals surface area contributed by atoms with Gasteiger partial charge in [-0.15, -0.1) is 0 Å². The van der Waals surface area contributed by atoms with Gasteiger partial charge < -0.3 is 0 Å². The third-order valence-corrected chi connectivity index (χ3v) is 23.3. The second-order valence-electron chi connectivity index (χ2n) is 9.54. The van der Waals surface area contributed by atoms with E-state index in [1.165, 1.54) is 22.0 Å². The number of ether oxygens (including phenoxy) is 2. The minimum absolute atomic E-state index is 0.0156. The molecule has 2 bridgehead atoms. The number of halogens is 1. The van der Waals surface area contributed by atoms with E-state index < -0.39 is 21.8 Å². The molecule has 0 aliphatic carbocycles. The molecule has 2 heterocycles. The molecule has 0 fully saturated rings. The molecule has 2 aromatic rings. The summed E-state index contributed by atoms with van der Waals surface area (Å²) in [6, 6.07) is 13.2. The van der Waals surface area contributed by atoms with Crippen molar-refractivity contribution in [2.24, 2.45) is 0 Å². The van der Waals surface area contributed by atoms with Crippen LogP contribution in [0.15, 0.2) is 36.4 Å². The molecule has 2 aromatic carbocycles. The molecule has 3 nitrogen and oxygen atoms in total. The molecule has 0 amide bonds. The van der Waals surface area contributed by atoms with Crippen molar-refractivity contribution in [2.75, 3.05) is 7.11 Å². The van der Waals surface area contributed by atoms with Gasteiger partial charge >= 0.3 is 196 Å². The van der Waals surface area contributed by atoms with E-state index in [4.69, 9.17) is 17.8 Å². The second-order valence-corrected chi connectivity index (χ2v) is 23.4. The number of fused-ring (bicyclic) bond motifs is 5. The van der Waals surface area contributed by atoms with Crippen LogP contribution in [-0.4, -0.2) is 40.8 Å². The molecule has 2 aliphatic heterocycles. The molecule has 4 rings (SSSR count). The summed E-state index contributed by atoms with van der Waals surface area (Å²) in [6.45, 7) is 12.4. The number of nitrogens with zero attached hydrogens (tertiary/aromatic N) is 1. The summed E-state index contributed by atoms with van der Waals surface area (Å²) < 4.78 is 15.2. The molecule has 3 atom stereocenters. The van der Waals surface area contributed by atoms with Crippen molar-refractivity contribution in [3.63, 3.8) is 0 Å². The Bertz CT molecular complexity index is 947. The van der Waals surface area contributed by atoms with Crippen LogP contribution in [0, 0.1) is 6.92 Å². The van der Waals surface area contributed by atoms with Gasteiger partial charge in [0.15, 0.2) is 0 Å². The van der Waals surface area contributed by atoms with E-state index in [-0.39, 0.29) is 14.4 Å². The molecule has 0 saturated heterocycles. The zero-order chi connectivity index (χ0) is 21.7. The van der Waals surface area contributed by atoms with Gasteiger partial charge in [-0.25, -0.2) is 0 Å². The van der Waals surface area contributed by atoms with Crippen molar-refractivity contribution < 1.29 is 9.47 Å². The molecule has 0 N–H and O–H groups in total. The van der Waals surface area contributed by atoms with Gasteiger partial charge in [0, 0.05) is 0 Å². The molecule has 0 radical (unpaired) electrons. The van der Waals surface area contributed by atoms with Crippen LogP contribution in [0.2, 0.25) is 0 Å². The van der Waals surface area contributed by atoms with Crippen molar-refractivity contribution in [1.29, 1.82) is 0 Å². The molecule has 30 heavy (non-hydrogen) atoms. The van der Waals surface area contributed by atoms with E-state index >= 15 is 0 Å². The van der Waals surface area contributed by atoms with Crippen LogP contribution < -0.4 is 14.8 Å². The number of para-hydroxylation sites is 1. The van der Waals surface area contributed by atoms with Gasteiger partial charge in [0.2, 0.25) is 0 Å². The van der Waals surface area contributed by atoms with E-state index in [0.717, 1.165) is 30.9 Å². The first-order chi connectivity index (χ1) is 14.2. The van der Waals surface area contributed by atoms with Crippen LogP contribution in [-0.2, 0) is 11.7 Å². The summed E-state index contributed by atoms with van der Waals surface area (Å²) in [6.07, 6.45) is 2.09. The van der Waals surface area contributed by atoms with Crippen molar-refractivity contribution >= 4 is 44.0 Å². The number of rotatable bonds is 2. The van der Waals surface area contributed by atoms with Crippen molar-refractivity contribution in [1.82, 2.24) is 2.71 Å². The Hall–Kier alpha value is -0.358. The summed E-state index contributed by atoms with van der Waals surface area (Å²) in [5, 5.41) is 1.57. The number of hydrogen-bond acceptors (Lipinski definition) is 3. The number of benzene rings is 2. The fourth-order valence-electron chi connectivity index (χ4n) is 4.87. The van der Waals surface area contributed by atoms with E-state index in [1.54, 1.807) is 7.11 Å². The fourth-order valence-corrected chi connectivity index (χ4v) is 21.3. The minimum atomic E-state index is -2.95. The molecule has 2 aliphatic rings. The Kier molecular flexibility index (Phi) is 6.49. The van der Waals surface area contributed by atoms with Crippen LogP contribution in [0.25, 0.3) is 0 Å². The van der Waals surface area contributed by atoms with Crippen LogP contribution in [0.5, 0.6) is 11.5 Å². The Labute approximate surface area is 195 Å².